The molecule has 3 heterocycles. The molecule has 6 nitrogen and oxygen atoms in total. The van der Waals surface area contributed by atoms with Gasteiger partial charge in [0.05, 0.1) is 6.54 Å². The first kappa shape index (κ1) is 20.7. The number of fused-ring (bicyclic) bond motifs is 1. The SMILES string of the molecule is NC(=O)N(Cc1ccccc1)c1cccc(-c2csc3c(-c4cccnc4)cnc(N)c23)c1. The minimum atomic E-state index is -0.508. The van der Waals surface area contributed by atoms with E-state index in [2.05, 4.69) is 15.3 Å². The van der Waals surface area contributed by atoms with Gasteiger partial charge in [-0.3, -0.25) is 9.88 Å². The summed E-state index contributed by atoms with van der Waals surface area (Å²) in [5, 5.41) is 2.97. The third kappa shape index (κ3) is 4.02. The third-order valence-corrected chi connectivity index (χ3v) is 6.53. The fourth-order valence-electron chi connectivity index (χ4n) is 3.91. The molecule has 33 heavy (non-hydrogen) atoms. The molecule has 7 heteroatoms. The fraction of sp³-hybridized carbons (Fsp3) is 0.0385. The molecule has 0 saturated carbocycles. The molecule has 0 fully saturated rings. The number of urea groups is 1. The van der Waals surface area contributed by atoms with E-state index in [1.54, 1.807) is 28.6 Å². The molecule has 5 aromatic rings. The van der Waals surface area contributed by atoms with Crippen molar-refractivity contribution in [2.75, 3.05) is 10.6 Å². The molecular weight excluding hydrogens is 430 g/mol. The largest absolute Gasteiger partial charge is 0.383 e. The first-order chi connectivity index (χ1) is 16.1. The Bertz CT molecular complexity index is 1430. The number of nitrogen functional groups attached to an aromatic ring is 1. The standard InChI is InChI=1S/C26H21N5OS/c27-25-23-22(16-33-24(23)21(14-30-25)19-9-5-11-29-13-19)18-8-4-10-20(12-18)31(26(28)32)15-17-6-2-1-3-7-17/h1-14,16H,15H2,(H2,27,30)(H2,28,32). The van der Waals surface area contributed by atoms with Crippen LogP contribution in [0.5, 0.6) is 0 Å². The molecule has 2 amide bonds. The van der Waals surface area contributed by atoms with Crippen LogP contribution < -0.4 is 16.4 Å². The predicted octanol–water partition coefficient (Wildman–Crippen LogP) is 5.69. The molecule has 3 aromatic heterocycles. The van der Waals surface area contributed by atoms with Crippen molar-refractivity contribution >= 4 is 39.0 Å². The molecule has 0 saturated heterocycles. The van der Waals surface area contributed by atoms with Crippen LogP contribution >= 0.6 is 11.3 Å². The number of primary amides is 1. The zero-order chi connectivity index (χ0) is 22.8. The lowest BCUT2D eigenvalue weighted by Gasteiger charge is -2.21. The molecule has 0 unspecified atom stereocenters. The number of hydrogen-bond acceptors (Lipinski definition) is 5. The van der Waals surface area contributed by atoms with Crippen molar-refractivity contribution in [1.82, 2.24) is 9.97 Å². The van der Waals surface area contributed by atoms with E-state index in [-0.39, 0.29) is 0 Å². The van der Waals surface area contributed by atoms with Crippen LogP contribution in [0.1, 0.15) is 5.56 Å². The van der Waals surface area contributed by atoms with Crippen LogP contribution in [-0.4, -0.2) is 16.0 Å². The number of hydrogen-bond donors (Lipinski definition) is 2. The summed E-state index contributed by atoms with van der Waals surface area (Å²) in [5.74, 6) is 0.468. The van der Waals surface area contributed by atoms with Gasteiger partial charge in [0.2, 0.25) is 0 Å². The number of benzene rings is 2. The van der Waals surface area contributed by atoms with Gasteiger partial charge in [0.25, 0.3) is 0 Å². The Morgan fingerprint density at radius 3 is 2.52 bits per heavy atom. The number of pyridine rings is 2. The molecule has 2 aromatic carbocycles. The van der Waals surface area contributed by atoms with Crippen molar-refractivity contribution in [2.24, 2.45) is 5.73 Å². The van der Waals surface area contributed by atoms with E-state index in [1.165, 1.54) is 0 Å². The molecule has 4 N–H and O–H groups in total. The number of thiophene rings is 1. The average Bonchev–Trinajstić information content (AvgIpc) is 3.30. The highest BCUT2D eigenvalue weighted by molar-refractivity contribution is 7.18. The Hall–Kier alpha value is -4.23. The van der Waals surface area contributed by atoms with E-state index < -0.39 is 6.03 Å². The minimum Gasteiger partial charge on any atom is -0.383 e. The van der Waals surface area contributed by atoms with E-state index in [9.17, 15) is 4.79 Å². The molecular formula is C26H21N5OS. The van der Waals surface area contributed by atoms with Crippen molar-refractivity contribution in [2.45, 2.75) is 6.54 Å². The van der Waals surface area contributed by atoms with Crippen molar-refractivity contribution in [3.05, 3.63) is 96.3 Å². The predicted molar refractivity (Wildman–Crippen MR) is 135 cm³/mol. The van der Waals surface area contributed by atoms with Gasteiger partial charge in [-0.2, -0.15) is 0 Å². The summed E-state index contributed by atoms with van der Waals surface area (Å²) in [7, 11) is 0. The van der Waals surface area contributed by atoms with Crippen LogP contribution in [0.2, 0.25) is 0 Å². The first-order valence-electron chi connectivity index (χ1n) is 10.4. The van der Waals surface area contributed by atoms with Gasteiger partial charge in [0.1, 0.15) is 5.82 Å². The number of anilines is 2. The number of nitrogens with zero attached hydrogens (tertiary/aromatic N) is 3. The summed E-state index contributed by atoms with van der Waals surface area (Å²) in [6.45, 7) is 0.388. The maximum absolute atomic E-state index is 12.3. The van der Waals surface area contributed by atoms with Crippen molar-refractivity contribution in [3.8, 4) is 22.3 Å². The first-order valence-corrected chi connectivity index (χ1v) is 11.3. The quantitative estimate of drug-likeness (QED) is 0.358. The van der Waals surface area contributed by atoms with E-state index in [0.29, 0.717) is 12.4 Å². The van der Waals surface area contributed by atoms with Crippen LogP contribution in [0.25, 0.3) is 32.3 Å². The number of carbonyl (C=O) groups excluding carboxylic acids is 1. The van der Waals surface area contributed by atoms with Crippen LogP contribution in [0.4, 0.5) is 16.3 Å². The zero-order valence-electron chi connectivity index (χ0n) is 17.7. The summed E-state index contributed by atoms with van der Waals surface area (Å²) >= 11 is 1.61. The monoisotopic (exact) mass is 451 g/mol. The van der Waals surface area contributed by atoms with Crippen molar-refractivity contribution in [3.63, 3.8) is 0 Å². The maximum atomic E-state index is 12.3. The smallest absolute Gasteiger partial charge is 0.319 e. The van der Waals surface area contributed by atoms with Crippen LogP contribution in [-0.2, 0) is 6.54 Å². The molecule has 0 aliphatic rings. The molecule has 0 radical (unpaired) electrons. The lowest BCUT2D eigenvalue weighted by molar-refractivity contribution is 0.253. The van der Waals surface area contributed by atoms with Crippen molar-refractivity contribution in [1.29, 1.82) is 0 Å². The zero-order valence-corrected chi connectivity index (χ0v) is 18.5. The summed E-state index contributed by atoms with van der Waals surface area (Å²) in [6.07, 6.45) is 5.36. The highest BCUT2D eigenvalue weighted by Gasteiger charge is 2.18. The van der Waals surface area contributed by atoms with Gasteiger partial charge in [-0.1, -0.05) is 48.5 Å². The Kier molecular flexibility index (Phi) is 5.46. The number of rotatable bonds is 5. The van der Waals surface area contributed by atoms with E-state index in [1.807, 2.05) is 72.9 Å². The van der Waals surface area contributed by atoms with Crippen LogP contribution in [0.15, 0.2) is 90.7 Å². The van der Waals surface area contributed by atoms with Crippen molar-refractivity contribution < 1.29 is 4.79 Å². The Morgan fingerprint density at radius 2 is 1.76 bits per heavy atom. The Labute approximate surface area is 195 Å². The molecule has 0 aliphatic heterocycles. The highest BCUT2D eigenvalue weighted by atomic mass is 32.1. The molecule has 0 aliphatic carbocycles. The number of aromatic nitrogens is 2. The molecule has 0 bridgehead atoms. The number of carbonyl (C=O) groups is 1. The normalized spacial score (nSPS) is 10.9. The van der Waals surface area contributed by atoms with Gasteiger partial charge >= 0.3 is 6.03 Å². The lowest BCUT2D eigenvalue weighted by Crippen LogP contribution is -2.35. The second kappa shape index (κ2) is 8.72. The molecule has 0 atom stereocenters. The lowest BCUT2D eigenvalue weighted by atomic mass is 10.0. The second-order valence-electron chi connectivity index (χ2n) is 7.61. The van der Waals surface area contributed by atoms with E-state index in [4.69, 9.17) is 11.5 Å². The molecule has 162 valence electrons. The Balaban J connectivity index is 1.59. The van der Waals surface area contributed by atoms with Gasteiger partial charge in [0.15, 0.2) is 0 Å². The van der Waals surface area contributed by atoms with Gasteiger partial charge in [0, 0.05) is 51.1 Å². The van der Waals surface area contributed by atoms with Gasteiger partial charge in [-0.15, -0.1) is 11.3 Å². The minimum absolute atomic E-state index is 0.388. The van der Waals surface area contributed by atoms with Crippen LogP contribution in [0.3, 0.4) is 0 Å². The molecule has 0 spiro atoms. The van der Waals surface area contributed by atoms with Gasteiger partial charge in [-0.25, -0.2) is 9.78 Å². The number of nitrogens with two attached hydrogens (primary N) is 2. The van der Waals surface area contributed by atoms with E-state index >= 15 is 0 Å². The van der Waals surface area contributed by atoms with Crippen LogP contribution in [0, 0.1) is 0 Å². The average molecular weight is 452 g/mol. The summed E-state index contributed by atoms with van der Waals surface area (Å²) in [4.78, 5) is 22.5. The van der Waals surface area contributed by atoms with Gasteiger partial charge < -0.3 is 11.5 Å². The number of amides is 2. The Morgan fingerprint density at radius 1 is 0.939 bits per heavy atom. The molecule has 5 rings (SSSR count). The van der Waals surface area contributed by atoms with E-state index in [0.717, 1.165) is 43.6 Å². The summed E-state index contributed by atoms with van der Waals surface area (Å²) in [5.41, 5.74) is 17.7. The van der Waals surface area contributed by atoms with Gasteiger partial charge in [-0.05, 0) is 34.7 Å². The second-order valence-corrected chi connectivity index (χ2v) is 8.49. The summed E-state index contributed by atoms with van der Waals surface area (Å²) in [6, 6.07) is 20.9. The summed E-state index contributed by atoms with van der Waals surface area (Å²) < 4.78 is 1.05. The topological polar surface area (TPSA) is 98.1 Å². The fourth-order valence-corrected chi connectivity index (χ4v) is 5.03. The third-order valence-electron chi connectivity index (χ3n) is 5.52. The maximum Gasteiger partial charge on any atom is 0.319 e. The highest BCUT2D eigenvalue weighted by Crippen LogP contribution is 2.42.